The smallest absolute Gasteiger partial charge is 0.212 e. The highest BCUT2D eigenvalue weighted by molar-refractivity contribution is 7.88. The zero-order valence-electron chi connectivity index (χ0n) is 13.7. The Morgan fingerprint density at radius 1 is 1.00 bits per heavy atom. The maximum absolute atomic E-state index is 12.0. The Labute approximate surface area is 141 Å². The summed E-state index contributed by atoms with van der Waals surface area (Å²) < 4.78 is 25.5. The van der Waals surface area contributed by atoms with Gasteiger partial charge >= 0.3 is 0 Å². The van der Waals surface area contributed by atoms with Crippen molar-refractivity contribution in [1.29, 1.82) is 0 Å². The van der Waals surface area contributed by atoms with Gasteiger partial charge in [-0.1, -0.05) is 50.0 Å². The van der Waals surface area contributed by atoms with Crippen LogP contribution in [-0.4, -0.2) is 42.3 Å². The van der Waals surface area contributed by atoms with Crippen molar-refractivity contribution in [2.75, 3.05) is 12.9 Å². The number of nitrogens with zero attached hydrogens (tertiary/aromatic N) is 1. The molecule has 0 aromatic rings. The number of hydrogen-bond acceptors (Lipinski definition) is 3. The lowest BCUT2D eigenvalue weighted by Crippen LogP contribution is -2.53. The summed E-state index contributed by atoms with van der Waals surface area (Å²) in [6.45, 7) is 13.9. The summed E-state index contributed by atoms with van der Waals surface area (Å²) in [6.07, 6.45) is 1.87. The van der Waals surface area contributed by atoms with Gasteiger partial charge < -0.3 is 5.11 Å². The van der Waals surface area contributed by atoms with E-state index in [1.807, 2.05) is 20.8 Å². The standard InChI is InChI=1S/C14H31NO3S.3CH4/c1-11(13(2,3)4)9-12(10-16)15(14(5,6)7)19(8,17)18;;;/h11-12,16H,9-10H2,1-8H3;3*1H4. The fraction of sp³-hybridized carbons (Fsp3) is 1.00. The number of rotatable bonds is 5. The number of aliphatic hydroxyl groups excluding tert-OH is 1. The minimum atomic E-state index is -3.35. The van der Waals surface area contributed by atoms with Gasteiger partial charge in [-0.3, -0.25) is 0 Å². The van der Waals surface area contributed by atoms with Crippen LogP contribution in [-0.2, 0) is 10.0 Å². The van der Waals surface area contributed by atoms with Crippen molar-refractivity contribution in [2.45, 2.75) is 88.7 Å². The van der Waals surface area contributed by atoms with E-state index in [0.717, 1.165) is 0 Å². The normalized spacial score (nSPS) is 15.2. The van der Waals surface area contributed by atoms with E-state index in [9.17, 15) is 13.5 Å². The maximum Gasteiger partial charge on any atom is 0.212 e. The maximum atomic E-state index is 12.0. The van der Waals surface area contributed by atoms with Gasteiger partial charge in [-0.05, 0) is 38.5 Å². The number of sulfonamides is 1. The molecule has 0 saturated heterocycles. The molecule has 0 spiro atoms. The Morgan fingerprint density at radius 3 is 1.55 bits per heavy atom. The Bertz CT molecular complexity index is 378. The molecular weight excluding hydrogens is 298 g/mol. The Morgan fingerprint density at radius 2 is 1.36 bits per heavy atom. The summed E-state index contributed by atoms with van der Waals surface area (Å²) in [4.78, 5) is 0. The lowest BCUT2D eigenvalue weighted by Gasteiger charge is -2.41. The Kier molecular flexibility index (Phi) is 13.4. The Hall–Kier alpha value is -0.130. The highest BCUT2D eigenvalue weighted by atomic mass is 32.2. The Balaban J connectivity index is -0.000000540. The second kappa shape index (κ2) is 9.89. The van der Waals surface area contributed by atoms with Crippen molar-refractivity contribution in [3.05, 3.63) is 0 Å². The van der Waals surface area contributed by atoms with Crippen molar-refractivity contribution in [3.63, 3.8) is 0 Å². The first-order valence-electron chi connectivity index (χ1n) is 6.81. The minimum Gasteiger partial charge on any atom is -0.395 e. The van der Waals surface area contributed by atoms with Crippen LogP contribution in [0.15, 0.2) is 0 Å². The van der Waals surface area contributed by atoms with Gasteiger partial charge in [0.2, 0.25) is 10.0 Å². The second-order valence-electron chi connectivity index (χ2n) is 7.57. The van der Waals surface area contributed by atoms with Crippen LogP contribution in [0.3, 0.4) is 0 Å². The molecule has 0 fully saturated rings. The van der Waals surface area contributed by atoms with Crippen molar-refractivity contribution < 1.29 is 13.5 Å². The van der Waals surface area contributed by atoms with E-state index in [1.54, 1.807) is 0 Å². The molecule has 0 amide bonds. The molecular formula is C17H43NO3S. The molecule has 0 heterocycles. The third-order valence-corrected chi connectivity index (χ3v) is 5.23. The monoisotopic (exact) mass is 341 g/mol. The van der Waals surface area contributed by atoms with Crippen LogP contribution in [0, 0.1) is 11.3 Å². The number of aliphatic hydroxyl groups is 1. The molecule has 0 radical (unpaired) electrons. The van der Waals surface area contributed by atoms with Crippen LogP contribution in [0.1, 0.15) is 77.2 Å². The molecule has 1 N–H and O–H groups in total. The van der Waals surface area contributed by atoms with Gasteiger partial charge in [0.15, 0.2) is 0 Å². The van der Waals surface area contributed by atoms with Crippen molar-refractivity contribution in [2.24, 2.45) is 11.3 Å². The van der Waals surface area contributed by atoms with Gasteiger partial charge in [-0.15, -0.1) is 0 Å². The SMILES string of the molecule is C.C.C.CC(CC(CO)N(C(C)(C)C)S(C)(=O)=O)C(C)(C)C. The topological polar surface area (TPSA) is 57.6 Å². The second-order valence-corrected chi connectivity index (χ2v) is 9.43. The summed E-state index contributed by atoms with van der Waals surface area (Å²) in [6, 6.07) is -0.371. The third kappa shape index (κ3) is 9.11. The molecule has 0 bridgehead atoms. The largest absolute Gasteiger partial charge is 0.395 e. The predicted octanol–water partition coefficient (Wildman–Crippen LogP) is 4.39. The molecule has 2 atom stereocenters. The minimum absolute atomic E-state index is 0. The molecule has 0 rings (SSSR count). The van der Waals surface area contributed by atoms with Gasteiger partial charge in [-0.2, -0.15) is 4.31 Å². The molecule has 0 aliphatic carbocycles. The van der Waals surface area contributed by atoms with Gasteiger partial charge in [0.05, 0.1) is 12.9 Å². The molecule has 4 nitrogen and oxygen atoms in total. The van der Waals surface area contributed by atoms with E-state index in [1.165, 1.54) is 10.6 Å². The van der Waals surface area contributed by atoms with Gasteiger partial charge in [-0.25, -0.2) is 8.42 Å². The molecule has 0 aromatic carbocycles. The zero-order valence-corrected chi connectivity index (χ0v) is 14.5. The third-order valence-electron chi connectivity index (χ3n) is 3.66. The average molecular weight is 342 g/mol. The molecule has 0 aliphatic heterocycles. The first kappa shape index (κ1) is 29.8. The summed E-state index contributed by atoms with van der Waals surface area (Å²) >= 11 is 0. The zero-order chi connectivity index (χ0) is 15.6. The van der Waals surface area contributed by atoms with Crippen molar-refractivity contribution >= 4 is 10.0 Å². The first-order chi connectivity index (χ1) is 8.21. The van der Waals surface area contributed by atoms with Crippen LogP contribution < -0.4 is 0 Å². The van der Waals surface area contributed by atoms with Crippen molar-refractivity contribution in [3.8, 4) is 0 Å². The summed E-state index contributed by atoms with van der Waals surface area (Å²) in [7, 11) is -3.35. The van der Waals surface area contributed by atoms with Crippen LogP contribution >= 0.6 is 0 Å². The lowest BCUT2D eigenvalue weighted by molar-refractivity contribution is 0.0907. The quantitative estimate of drug-likeness (QED) is 0.807. The van der Waals surface area contributed by atoms with Crippen LogP contribution in [0.25, 0.3) is 0 Å². The van der Waals surface area contributed by atoms with E-state index in [2.05, 4.69) is 27.7 Å². The van der Waals surface area contributed by atoms with E-state index >= 15 is 0 Å². The van der Waals surface area contributed by atoms with E-state index in [-0.39, 0.29) is 40.3 Å². The number of hydrogen-bond donors (Lipinski definition) is 1. The molecule has 2 unspecified atom stereocenters. The molecule has 140 valence electrons. The fourth-order valence-corrected chi connectivity index (χ4v) is 4.01. The summed E-state index contributed by atoms with van der Waals surface area (Å²) in [5.74, 6) is 0.316. The molecule has 5 heteroatoms. The van der Waals surface area contributed by atoms with E-state index in [0.29, 0.717) is 12.3 Å². The molecule has 0 aromatic heterocycles. The van der Waals surface area contributed by atoms with E-state index in [4.69, 9.17) is 0 Å². The van der Waals surface area contributed by atoms with Gasteiger partial charge in [0.25, 0.3) is 0 Å². The van der Waals surface area contributed by atoms with Crippen LogP contribution in [0.2, 0.25) is 0 Å². The van der Waals surface area contributed by atoms with Crippen LogP contribution in [0.5, 0.6) is 0 Å². The summed E-state index contributed by atoms with van der Waals surface area (Å²) in [5, 5.41) is 9.63. The van der Waals surface area contributed by atoms with Crippen molar-refractivity contribution in [1.82, 2.24) is 4.31 Å². The van der Waals surface area contributed by atoms with Crippen LogP contribution in [0.4, 0.5) is 0 Å². The molecule has 22 heavy (non-hydrogen) atoms. The van der Waals surface area contributed by atoms with Gasteiger partial charge in [0.1, 0.15) is 0 Å². The lowest BCUT2D eigenvalue weighted by atomic mass is 9.78. The summed E-state index contributed by atoms with van der Waals surface area (Å²) in [5.41, 5.74) is -0.437. The highest BCUT2D eigenvalue weighted by Crippen LogP contribution is 2.32. The van der Waals surface area contributed by atoms with Gasteiger partial charge in [0, 0.05) is 11.6 Å². The van der Waals surface area contributed by atoms with E-state index < -0.39 is 15.6 Å². The molecule has 0 aliphatic rings. The average Bonchev–Trinajstić information content (AvgIpc) is 2.10. The molecule has 0 saturated carbocycles. The predicted molar refractivity (Wildman–Crippen MR) is 101 cm³/mol. The highest BCUT2D eigenvalue weighted by Gasteiger charge is 2.37. The first-order valence-corrected chi connectivity index (χ1v) is 8.66. The fourth-order valence-electron chi connectivity index (χ4n) is 2.32.